The van der Waals surface area contributed by atoms with Gasteiger partial charge in [-0.2, -0.15) is 0 Å². The number of hydrogen-bond acceptors (Lipinski definition) is 7. The van der Waals surface area contributed by atoms with Gasteiger partial charge in [-0.05, 0) is 91.3 Å². The third-order valence-electron chi connectivity index (χ3n) is 10.9. The number of aromatic nitrogens is 3. The minimum atomic E-state index is -0.943. The van der Waals surface area contributed by atoms with E-state index >= 15 is 0 Å². The summed E-state index contributed by atoms with van der Waals surface area (Å²) < 4.78 is 0. The molecule has 0 unspecified atom stereocenters. The lowest BCUT2D eigenvalue weighted by Crippen LogP contribution is -2.41. The number of nitrogens with one attached hydrogen (secondary N) is 5. The lowest BCUT2D eigenvalue weighted by atomic mass is 10.0. The van der Waals surface area contributed by atoms with Crippen LogP contribution in [0, 0.1) is 0 Å². The number of aryl methyl sites for hydroxylation is 2. The van der Waals surface area contributed by atoms with Crippen molar-refractivity contribution >= 4 is 46.1 Å². The number of hydrogen-bond donors (Lipinski definition) is 6. The summed E-state index contributed by atoms with van der Waals surface area (Å²) in [7, 11) is 1.69. The van der Waals surface area contributed by atoms with E-state index in [4.69, 9.17) is 5.11 Å². The second-order valence-electron chi connectivity index (χ2n) is 15.1. The molecule has 0 saturated carbocycles. The van der Waals surface area contributed by atoms with Crippen molar-refractivity contribution in [1.29, 1.82) is 0 Å². The molecular weight excluding hydrogens is 775 g/mol. The molecule has 6 rings (SSSR count). The number of aromatic amines is 3. The number of likely N-dealkylation sites (N-methyl/N-ethyl adjacent to an activating group) is 1. The molecule has 4 aromatic carbocycles. The van der Waals surface area contributed by atoms with Gasteiger partial charge in [0.25, 0.3) is 17.4 Å². The Hall–Kier alpha value is -7.06. The van der Waals surface area contributed by atoms with Crippen LogP contribution in [0.3, 0.4) is 0 Å². The van der Waals surface area contributed by atoms with E-state index in [1.807, 2.05) is 78.9 Å². The van der Waals surface area contributed by atoms with Crippen molar-refractivity contribution in [1.82, 2.24) is 24.8 Å². The number of rotatable bonds is 19. The van der Waals surface area contributed by atoms with Crippen LogP contribution in [-0.4, -0.2) is 79.7 Å². The number of carboxylic acids is 1. The van der Waals surface area contributed by atoms with Gasteiger partial charge in [0.05, 0.1) is 17.5 Å². The first-order valence-corrected chi connectivity index (χ1v) is 20.4. The van der Waals surface area contributed by atoms with Gasteiger partial charge in [0.15, 0.2) is 0 Å². The molecule has 6 N–H and O–H groups in total. The van der Waals surface area contributed by atoms with E-state index in [-0.39, 0.29) is 47.3 Å². The minimum Gasteiger partial charge on any atom is -0.478 e. The zero-order valence-corrected chi connectivity index (χ0v) is 34.5. The number of carbonyl (C=O) groups excluding carboxylic acids is 3. The molecule has 0 bridgehead atoms. The molecule has 0 aliphatic rings. The van der Waals surface area contributed by atoms with Crippen molar-refractivity contribution < 1.29 is 24.3 Å². The summed E-state index contributed by atoms with van der Waals surface area (Å²) in [6, 6.07) is 30.7. The van der Waals surface area contributed by atoms with Gasteiger partial charge in [0.2, 0.25) is 5.91 Å². The molecule has 3 amide bonds. The van der Waals surface area contributed by atoms with Crippen LogP contribution in [0.1, 0.15) is 86.6 Å². The first-order chi connectivity index (χ1) is 29.4. The van der Waals surface area contributed by atoms with Gasteiger partial charge in [-0.3, -0.25) is 29.1 Å². The maximum Gasteiger partial charge on any atom is 0.335 e. The minimum absolute atomic E-state index is 0.108. The number of para-hydroxylation sites is 1. The highest BCUT2D eigenvalue weighted by molar-refractivity contribution is 6.19. The highest BCUT2D eigenvalue weighted by Gasteiger charge is 2.22. The maximum absolute atomic E-state index is 13.9. The molecular formula is C47H51N7O7. The Bertz CT molecular complexity index is 2580. The van der Waals surface area contributed by atoms with Gasteiger partial charge in [-0.1, -0.05) is 68.4 Å². The molecule has 14 heteroatoms. The predicted molar refractivity (Wildman–Crippen MR) is 236 cm³/mol. The molecule has 14 nitrogen and oxygen atoms in total. The second kappa shape index (κ2) is 20.3. The predicted octanol–water partition coefficient (Wildman–Crippen LogP) is 6.61. The van der Waals surface area contributed by atoms with Crippen molar-refractivity contribution in [2.45, 2.75) is 65.0 Å². The van der Waals surface area contributed by atoms with Crippen LogP contribution in [0.25, 0.3) is 10.9 Å². The van der Waals surface area contributed by atoms with Crippen LogP contribution in [0.4, 0.5) is 11.5 Å². The summed E-state index contributed by atoms with van der Waals surface area (Å²) in [5.41, 5.74) is 4.39. The Balaban J connectivity index is 1.10. The Kier molecular flexibility index (Phi) is 14.5. The third kappa shape index (κ3) is 11.6. The SMILES string of the molecule is CCC(CC)N(CCN(C)C(=O)Cc1cc(=O)[nH]c(=O)[nH]1)Cc1cccc(C(=O)Nc2[nH]c3ccccc3c2C(=O)Nc2ccc(CCCc3ccc(C(=O)O)cc3)cc2)c1. The summed E-state index contributed by atoms with van der Waals surface area (Å²) in [5, 5.41) is 15.7. The molecule has 0 aliphatic carbocycles. The number of anilines is 2. The lowest BCUT2D eigenvalue weighted by Gasteiger charge is -2.32. The number of amides is 3. The van der Waals surface area contributed by atoms with E-state index in [0.717, 1.165) is 48.8 Å². The fourth-order valence-corrected chi connectivity index (χ4v) is 7.47. The van der Waals surface area contributed by atoms with E-state index in [2.05, 4.69) is 44.3 Å². The molecule has 61 heavy (non-hydrogen) atoms. The Morgan fingerprint density at radius 2 is 1.39 bits per heavy atom. The van der Waals surface area contributed by atoms with Gasteiger partial charge in [0.1, 0.15) is 5.82 Å². The average molecular weight is 826 g/mol. The van der Waals surface area contributed by atoms with Gasteiger partial charge in [-0.25, -0.2) is 9.59 Å². The molecule has 0 fully saturated rings. The van der Waals surface area contributed by atoms with Gasteiger partial charge < -0.3 is 30.6 Å². The summed E-state index contributed by atoms with van der Waals surface area (Å²) >= 11 is 0. The van der Waals surface area contributed by atoms with Crippen LogP contribution >= 0.6 is 0 Å². The smallest absolute Gasteiger partial charge is 0.335 e. The molecule has 0 radical (unpaired) electrons. The molecule has 0 spiro atoms. The number of H-pyrrole nitrogens is 3. The van der Waals surface area contributed by atoms with Crippen LogP contribution in [0.15, 0.2) is 113 Å². The van der Waals surface area contributed by atoms with E-state index < -0.39 is 17.2 Å². The fraction of sp³-hybridized carbons (Fsp3) is 0.277. The number of carboxylic acid groups (broad SMARTS) is 1. The van der Waals surface area contributed by atoms with Crippen LogP contribution in [-0.2, 0) is 30.6 Å². The van der Waals surface area contributed by atoms with Crippen LogP contribution < -0.4 is 21.9 Å². The fourth-order valence-electron chi connectivity index (χ4n) is 7.47. The highest BCUT2D eigenvalue weighted by atomic mass is 16.4. The van der Waals surface area contributed by atoms with E-state index in [1.54, 1.807) is 30.1 Å². The average Bonchev–Trinajstić information content (AvgIpc) is 3.61. The summed E-state index contributed by atoms with van der Waals surface area (Å²) in [6.45, 7) is 5.72. The monoisotopic (exact) mass is 825 g/mol. The van der Waals surface area contributed by atoms with Crippen molar-refractivity contribution in [2.75, 3.05) is 30.8 Å². The molecule has 0 aliphatic heterocycles. The number of carbonyl (C=O) groups is 4. The normalized spacial score (nSPS) is 11.2. The number of benzene rings is 4. The van der Waals surface area contributed by atoms with Crippen LogP contribution in [0.5, 0.6) is 0 Å². The van der Waals surface area contributed by atoms with Gasteiger partial charge in [0, 0.05) is 66.6 Å². The second-order valence-corrected chi connectivity index (χ2v) is 15.1. The molecule has 2 aromatic heterocycles. The summed E-state index contributed by atoms with van der Waals surface area (Å²) in [6.07, 6.45) is 4.15. The number of fused-ring (bicyclic) bond motifs is 1. The van der Waals surface area contributed by atoms with Gasteiger partial charge in [-0.15, -0.1) is 0 Å². The standard InChI is InChI=1S/C47H51N7O7/c1-4-37(5-2)54(25-24-53(3)41(56)28-36-27-40(55)51-47(61)49-36)29-32-12-9-13-34(26-32)44(57)52-43-42(38-14-6-7-15-39(38)50-43)45(58)48-35-22-18-31(19-23-35)11-8-10-30-16-20-33(21-17-30)46(59)60/h6-7,9,12-23,26-27,37,50H,4-5,8,10-11,24-25,28-29H2,1-3H3,(H,48,58)(H,52,57)(H,59,60)(H2,49,51,55,61). The largest absolute Gasteiger partial charge is 0.478 e. The lowest BCUT2D eigenvalue weighted by molar-refractivity contribution is -0.129. The first kappa shape index (κ1) is 43.5. The number of nitrogens with zero attached hydrogens (tertiary/aromatic N) is 2. The Morgan fingerprint density at radius 1 is 0.705 bits per heavy atom. The Morgan fingerprint density at radius 3 is 2.07 bits per heavy atom. The zero-order valence-electron chi connectivity index (χ0n) is 34.5. The van der Waals surface area contributed by atoms with Crippen molar-refractivity contribution in [3.8, 4) is 0 Å². The van der Waals surface area contributed by atoms with Crippen molar-refractivity contribution in [2.24, 2.45) is 0 Å². The van der Waals surface area contributed by atoms with E-state index in [0.29, 0.717) is 47.4 Å². The topological polar surface area (TPSA) is 201 Å². The highest BCUT2D eigenvalue weighted by Crippen LogP contribution is 2.28. The molecule has 316 valence electrons. The summed E-state index contributed by atoms with van der Waals surface area (Å²) in [5.74, 6) is -1.67. The van der Waals surface area contributed by atoms with Crippen LogP contribution in [0.2, 0.25) is 0 Å². The van der Waals surface area contributed by atoms with Crippen molar-refractivity contribution in [3.05, 3.63) is 163 Å². The maximum atomic E-state index is 13.9. The van der Waals surface area contributed by atoms with E-state index in [9.17, 15) is 28.8 Å². The number of aromatic carboxylic acids is 1. The van der Waals surface area contributed by atoms with Crippen molar-refractivity contribution in [3.63, 3.8) is 0 Å². The quantitative estimate of drug-likeness (QED) is 0.0524. The van der Waals surface area contributed by atoms with E-state index in [1.165, 1.54) is 6.07 Å². The molecule has 0 saturated heterocycles. The molecule has 6 aromatic rings. The molecule has 2 heterocycles. The molecule has 0 atom stereocenters. The Labute approximate surface area is 353 Å². The third-order valence-corrected chi connectivity index (χ3v) is 10.9. The summed E-state index contributed by atoms with van der Waals surface area (Å²) in [4.78, 5) is 87.0. The van der Waals surface area contributed by atoms with Gasteiger partial charge >= 0.3 is 11.7 Å². The zero-order chi connectivity index (χ0) is 43.5. The first-order valence-electron chi connectivity index (χ1n) is 20.4.